The smallest absolute Gasteiger partial charge is 0.331 e. The van der Waals surface area contributed by atoms with Crippen LogP contribution in [0.4, 0.5) is 5.69 Å². The molecule has 0 spiro atoms. The number of benzene rings is 2. The molecule has 0 bridgehead atoms. The Hall–Kier alpha value is -3.78. The van der Waals surface area contributed by atoms with Gasteiger partial charge in [0.2, 0.25) is 0 Å². The number of hydrogen-bond donors (Lipinski definition) is 1. The number of nitrogens with zero attached hydrogens (tertiary/aromatic N) is 2. The highest BCUT2D eigenvalue weighted by Crippen LogP contribution is 2.26. The number of aromatic nitrogens is 2. The maximum absolute atomic E-state index is 12.1. The fourth-order valence-corrected chi connectivity index (χ4v) is 3.33. The van der Waals surface area contributed by atoms with Gasteiger partial charge in [-0.2, -0.15) is 5.10 Å². The van der Waals surface area contributed by atoms with Gasteiger partial charge in [0, 0.05) is 35.5 Å². The number of halogens is 1. The number of ether oxygens (including phenoxy) is 3. The molecule has 0 unspecified atom stereocenters. The van der Waals surface area contributed by atoms with Crippen molar-refractivity contribution < 1.29 is 23.8 Å². The number of esters is 1. The van der Waals surface area contributed by atoms with Crippen LogP contribution in [0.3, 0.4) is 0 Å². The SMILES string of the molecule is COc1cc(NC(=O)COC(=O)/C=C/c2c(C)nn(Cc3ccccc3)c2Cl)cc(OC)c1. The van der Waals surface area contributed by atoms with Crippen LogP contribution in [-0.2, 0) is 20.9 Å². The molecule has 3 rings (SSSR count). The van der Waals surface area contributed by atoms with E-state index < -0.39 is 18.5 Å². The molecule has 172 valence electrons. The van der Waals surface area contributed by atoms with E-state index in [4.69, 9.17) is 25.8 Å². The fraction of sp³-hybridized carbons (Fsp3) is 0.208. The molecule has 33 heavy (non-hydrogen) atoms. The van der Waals surface area contributed by atoms with E-state index >= 15 is 0 Å². The van der Waals surface area contributed by atoms with Crippen molar-refractivity contribution in [2.75, 3.05) is 26.1 Å². The summed E-state index contributed by atoms with van der Waals surface area (Å²) in [5, 5.41) is 7.47. The maximum Gasteiger partial charge on any atom is 0.331 e. The Morgan fingerprint density at radius 3 is 2.39 bits per heavy atom. The van der Waals surface area contributed by atoms with Gasteiger partial charge in [0.1, 0.15) is 16.7 Å². The molecule has 1 N–H and O–H groups in total. The summed E-state index contributed by atoms with van der Waals surface area (Å²) in [7, 11) is 3.02. The Morgan fingerprint density at radius 2 is 1.76 bits per heavy atom. The number of amides is 1. The van der Waals surface area contributed by atoms with Crippen molar-refractivity contribution >= 4 is 35.2 Å². The second kappa shape index (κ2) is 11.2. The van der Waals surface area contributed by atoms with Crippen molar-refractivity contribution in [2.45, 2.75) is 13.5 Å². The minimum absolute atomic E-state index is 0.408. The first kappa shape index (κ1) is 23.9. The van der Waals surface area contributed by atoms with Crippen LogP contribution in [0.1, 0.15) is 16.8 Å². The average molecular weight is 470 g/mol. The highest BCUT2D eigenvalue weighted by atomic mass is 35.5. The van der Waals surface area contributed by atoms with E-state index in [1.165, 1.54) is 26.4 Å². The summed E-state index contributed by atoms with van der Waals surface area (Å²) in [4.78, 5) is 24.2. The van der Waals surface area contributed by atoms with Gasteiger partial charge < -0.3 is 19.5 Å². The normalized spacial score (nSPS) is 10.8. The van der Waals surface area contributed by atoms with Crippen LogP contribution in [0.25, 0.3) is 6.08 Å². The summed E-state index contributed by atoms with van der Waals surface area (Å²) >= 11 is 6.44. The summed E-state index contributed by atoms with van der Waals surface area (Å²) in [5.74, 6) is -0.147. The van der Waals surface area contributed by atoms with E-state index in [-0.39, 0.29) is 0 Å². The Morgan fingerprint density at radius 1 is 1.09 bits per heavy atom. The fourth-order valence-electron chi connectivity index (χ4n) is 3.03. The zero-order valence-corrected chi connectivity index (χ0v) is 19.3. The highest BCUT2D eigenvalue weighted by molar-refractivity contribution is 6.31. The minimum Gasteiger partial charge on any atom is -0.497 e. The van der Waals surface area contributed by atoms with Gasteiger partial charge >= 0.3 is 5.97 Å². The van der Waals surface area contributed by atoms with Gasteiger partial charge in [0.05, 0.1) is 26.5 Å². The predicted octanol–water partition coefficient (Wildman–Crippen LogP) is 4.11. The van der Waals surface area contributed by atoms with Crippen LogP contribution in [0.15, 0.2) is 54.6 Å². The number of nitrogens with one attached hydrogen (secondary N) is 1. The Kier molecular flexibility index (Phi) is 8.10. The zero-order valence-electron chi connectivity index (χ0n) is 18.5. The van der Waals surface area contributed by atoms with Crippen LogP contribution in [0, 0.1) is 6.92 Å². The third-order valence-corrected chi connectivity index (χ3v) is 5.05. The molecule has 2 aromatic carbocycles. The van der Waals surface area contributed by atoms with Crippen LogP contribution >= 0.6 is 11.6 Å². The molecule has 0 aliphatic carbocycles. The van der Waals surface area contributed by atoms with Gasteiger partial charge in [-0.3, -0.25) is 4.79 Å². The summed E-state index contributed by atoms with van der Waals surface area (Å²) in [6, 6.07) is 14.7. The van der Waals surface area contributed by atoms with E-state index in [1.54, 1.807) is 29.8 Å². The van der Waals surface area contributed by atoms with Gasteiger partial charge in [-0.15, -0.1) is 0 Å². The molecule has 1 aromatic heterocycles. The van der Waals surface area contributed by atoms with Crippen molar-refractivity contribution in [3.63, 3.8) is 0 Å². The van der Waals surface area contributed by atoms with Crippen molar-refractivity contribution in [3.8, 4) is 11.5 Å². The minimum atomic E-state index is -0.681. The molecule has 8 nitrogen and oxygen atoms in total. The van der Waals surface area contributed by atoms with Gasteiger partial charge in [-0.05, 0) is 18.6 Å². The molecule has 3 aromatic rings. The number of hydrogen-bond acceptors (Lipinski definition) is 6. The second-order valence-electron chi connectivity index (χ2n) is 7.02. The lowest BCUT2D eigenvalue weighted by molar-refractivity contribution is -0.142. The molecule has 1 heterocycles. The van der Waals surface area contributed by atoms with Crippen molar-refractivity contribution in [3.05, 3.63) is 76.6 Å². The van der Waals surface area contributed by atoms with E-state index in [1.807, 2.05) is 30.3 Å². The molecule has 0 saturated carbocycles. The van der Waals surface area contributed by atoms with Crippen molar-refractivity contribution in [1.82, 2.24) is 9.78 Å². The molecule has 1 amide bonds. The summed E-state index contributed by atoms with van der Waals surface area (Å²) in [5.41, 5.74) is 2.79. The average Bonchev–Trinajstić information content (AvgIpc) is 3.08. The van der Waals surface area contributed by atoms with Gasteiger partial charge in [0.15, 0.2) is 6.61 Å². The van der Waals surface area contributed by atoms with Crippen molar-refractivity contribution in [2.24, 2.45) is 0 Å². The molecule has 0 saturated heterocycles. The number of carbonyl (C=O) groups excluding carboxylic acids is 2. The standard InChI is InChI=1S/C24H24ClN3O5/c1-16-21(24(25)28(27-16)14-17-7-5-4-6-8-17)9-10-23(30)33-15-22(29)26-18-11-19(31-2)13-20(12-18)32-3/h4-13H,14-15H2,1-3H3,(H,26,29)/b10-9+. The second-order valence-corrected chi connectivity index (χ2v) is 7.38. The first-order valence-electron chi connectivity index (χ1n) is 10.0. The summed E-state index contributed by atoms with van der Waals surface area (Å²) < 4.78 is 17.0. The molecule has 0 fully saturated rings. The Bertz CT molecular complexity index is 1140. The third kappa shape index (κ3) is 6.60. The lowest BCUT2D eigenvalue weighted by Gasteiger charge is -2.09. The van der Waals surface area contributed by atoms with E-state index in [0.717, 1.165) is 5.56 Å². The first-order valence-corrected chi connectivity index (χ1v) is 10.4. The quantitative estimate of drug-likeness (QED) is 0.374. The van der Waals surface area contributed by atoms with Crippen LogP contribution in [0.5, 0.6) is 11.5 Å². The molecule has 0 atom stereocenters. The molecule has 0 aliphatic heterocycles. The molecule has 0 aliphatic rings. The van der Waals surface area contributed by atoms with Crippen LogP contribution in [0.2, 0.25) is 5.15 Å². The molecule has 0 radical (unpaired) electrons. The number of aryl methyl sites for hydroxylation is 1. The van der Waals surface area contributed by atoms with E-state index in [0.29, 0.717) is 40.1 Å². The number of anilines is 1. The van der Waals surface area contributed by atoms with E-state index in [9.17, 15) is 9.59 Å². The van der Waals surface area contributed by atoms with E-state index in [2.05, 4.69) is 10.4 Å². The number of carbonyl (C=O) groups is 2. The Labute approximate surface area is 196 Å². The predicted molar refractivity (Wildman–Crippen MR) is 126 cm³/mol. The third-order valence-electron chi connectivity index (χ3n) is 4.65. The lowest BCUT2D eigenvalue weighted by atomic mass is 10.2. The Balaban J connectivity index is 1.57. The van der Waals surface area contributed by atoms with Gasteiger partial charge in [0.25, 0.3) is 5.91 Å². The van der Waals surface area contributed by atoms with Gasteiger partial charge in [-0.1, -0.05) is 41.9 Å². The maximum atomic E-state index is 12.1. The highest BCUT2D eigenvalue weighted by Gasteiger charge is 2.13. The number of rotatable bonds is 9. The van der Waals surface area contributed by atoms with Crippen molar-refractivity contribution in [1.29, 1.82) is 0 Å². The summed E-state index contributed by atoms with van der Waals surface area (Å²) in [6.45, 7) is 1.85. The molecule has 9 heteroatoms. The largest absolute Gasteiger partial charge is 0.497 e. The number of methoxy groups -OCH3 is 2. The first-order chi connectivity index (χ1) is 15.9. The lowest BCUT2D eigenvalue weighted by Crippen LogP contribution is -2.20. The van der Waals surface area contributed by atoms with Gasteiger partial charge in [-0.25, -0.2) is 9.48 Å². The topological polar surface area (TPSA) is 91.7 Å². The zero-order chi connectivity index (χ0) is 23.8. The molecular weight excluding hydrogens is 446 g/mol. The summed E-state index contributed by atoms with van der Waals surface area (Å²) in [6.07, 6.45) is 2.74. The monoisotopic (exact) mass is 469 g/mol. The van der Waals surface area contributed by atoms with Crippen LogP contribution < -0.4 is 14.8 Å². The molecular formula is C24H24ClN3O5. The van der Waals surface area contributed by atoms with Crippen LogP contribution in [-0.4, -0.2) is 42.5 Å².